The largest absolute Gasteiger partial charge is 0.462 e. The van der Waals surface area contributed by atoms with Crippen LogP contribution in [-0.2, 0) is 16.0 Å². The Kier molecular flexibility index (Phi) is 6.02. The van der Waals surface area contributed by atoms with Gasteiger partial charge in [0, 0.05) is 23.5 Å². The molecule has 25 heavy (non-hydrogen) atoms. The molecular weight excluding hydrogens is 316 g/mol. The van der Waals surface area contributed by atoms with Crippen LogP contribution in [0.3, 0.4) is 0 Å². The van der Waals surface area contributed by atoms with Crippen molar-refractivity contribution in [3.8, 4) is 0 Å². The van der Waals surface area contributed by atoms with Gasteiger partial charge in [0.05, 0.1) is 12.2 Å². The number of anilines is 1. The van der Waals surface area contributed by atoms with Crippen LogP contribution in [-0.4, -0.2) is 23.5 Å². The fourth-order valence-corrected chi connectivity index (χ4v) is 2.98. The highest BCUT2D eigenvalue weighted by Gasteiger charge is 2.19. The van der Waals surface area contributed by atoms with Gasteiger partial charge in [-0.2, -0.15) is 0 Å². The van der Waals surface area contributed by atoms with Gasteiger partial charge >= 0.3 is 5.97 Å². The number of aryl methyl sites for hydroxylation is 4. The van der Waals surface area contributed by atoms with E-state index in [9.17, 15) is 9.59 Å². The van der Waals surface area contributed by atoms with E-state index in [1.165, 1.54) is 5.56 Å². The zero-order valence-electron chi connectivity index (χ0n) is 15.6. The molecule has 5 nitrogen and oxygen atoms in total. The summed E-state index contributed by atoms with van der Waals surface area (Å²) in [5.41, 5.74) is 6.16. The molecule has 0 aliphatic carbocycles. The molecule has 1 aromatic heterocycles. The first kappa shape index (κ1) is 18.8. The lowest BCUT2D eigenvalue weighted by atomic mass is 10.1. The normalized spacial score (nSPS) is 10.6. The monoisotopic (exact) mass is 342 g/mol. The quantitative estimate of drug-likeness (QED) is 0.780. The molecule has 1 heterocycles. The molecule has 0 fully saturated rings. The van der Waals surface area contributed by atoms with Gasteiger partial charge < -0.3 is 15.0 Å². The highest BCUT2D eigenvalue weighted by atomic mass is 16.5. The van der Waals surface area contributed by atoms with E-state index in [0.29, 0.717) is 25.0 Å². The summed E-state index contributed by atoms with van der Waals surface area (Å²) in [6.45, 7) is 9.86. The van der Waals surface area contributed by atoms with Gasteiger partial charge in [-0.3, -0.25) is 4.79 Å². The number of esters is 1. The Morgan fingerprint density at radius 3 is 2.52 bits per heavy atom. The summed E-state index contributed by atoms with van der Waals surface area (Å²) in [6, 6.07) is 5.94. The molecule has 0 atom stereocenters. The number of carbonyl (C=O) groups excluding carboxylic acids is 2. The molecule has 0 bridgehead atoms. The third-order valence-electron chi connectivity index (χ3n) is 4.28. The van der Waals surface area contributed by atoms with Crippen LogP contribution >= 0.6 is 0 Å². The van der Waals surface area contributed by atoms with E-state index in [4.69, 9.17) is 4.74 Å². The van der Waals surface area contributed by atoms with Crippen molar-refractivity contribution in [3.63, 3.8) is 0 Å². The van der Waals surface area contributed by atoms with Gasteiger partial charge in [-0.25, -0.2) is 4.79 Å². The molecule has 5 heteroatoms. The summed E-state index contributed by atoms with van der Waals surface area (Å²) >= 11 is 0. The number of nitrogens with one attached hydrogen (secondary N) is 2. The van der Waals surface area contributed by atoms with Crippen LogP contribution in [0.1, 0.15) is 51.8 Å². The van der Waals surface area contributed by atoms with E-state index in [2.05, 4.69) is 10.3 Å². The molecule has 0 saturated heterocycles. The number of H-pyrrole nitrogens is 1. The topological polar surface area (TPSA) is 71.2 Å². The lowest BCUT2D eigenvalue weighted by Crippen LogP contribution is -2.13. The van der Waals surface area contributed by atoms with Crippen LogP contribution in [0.15, 0.2) is 18.2 Å². The lowest BCUT2D eigenvalue weighted by Gasteiger charge is -2.09. The van der Waals surface area contributed by atoms with Gasteiger partial charge in [0.2, 0.25) is 5.91 Å². The number of aromatic nitrogens is 1. The van der Waals surface area contributed by atoms with Crippen molar-refractivity contribution >= 4 is 17.6 Å². The minimum atomic E-state index is -0.320. The van der Waals surface area contributed by atoms with Crippen molar-refractivity contribution in [3.05, 3.63) is 51.8 Å². The second-order valence-electron chi connectivity index (χ2n) is 6.32. The second-order valence-corrected chi connectivity index (χ2v) is 6.32. The maximum absolute atomic E-state index is 12.2. The first-order valence-electron chi connectivity index (χ1n) is 8.55. The van der Waals surface area contributed by atoms with E-state index in [-0.39, 0.29) is 11.9 Å². The van der Waals surface area contributed by atoms with Gasteiger partial charge in [-0.15, -0.1) is 0 Å². The molecule has 1 amide bonds. The fraction of sp³-hybridized carbons (Fsp3) is 0.400. The maximum Gasteiger partial charge on any atom is 0.340 e. The molecule has 0 spiro atoms. The number of hydrogen-bond donors (Lipinski definition) is 2. The Hall–Kier alpha value is -2.56. The van der Waals surface area contributed by atoms with Crippen LogP contribution < -0.4 is 5.32 Å². The maximum atomic E-state index is 12.2. The van der Waals surface area contributed by atoms with E-state index in [1.54, 1.807) is 6.92 Å². The van der Waals surface area contributed by atoms with Crippen molar-refractivity contribution in [1.29, 1.82) is 0 Å². The van der Waals surface area contributed by atoms with E-state index >= 15 is 0 Å². The lowest BCUT2D eigenvalue weighted by molar-refractivity contribution is -0.116. The van der Waals surface area contributed by atoms with Crippen LogP contribution in [0.4, 0.5) is 5.69 Å². The first-order valence-corrected chi connectivity index (χ1v) is 8.55. The molecule has 0 unspecified atom stereocenters. The van der Waals surface area contributed by atoms with Crippen molar-refractivity contribution in [2.45, 2.75) is 47.5 Å². The number of carbonyl (C=O) groups is 2. The molecule has 0 radical (unpaired) electrons. The van der Waals surface area contributed by atoms with Crippen molar-refractivity contribution in [2.75, 3.05) is 11.9 Å². The Balaban J connectivity index is 2.02. The zero-order valence-corrected chi connectivity index (χ0v) is 15.6. The molecule has 0 saturated carbocycles. The standard InChI is InChI=1S/C20H26N2O3/c1-6-25-20(24)19-14(4)17(21-15(19)5)9-10-18(23)22-16-8-7-12(2)11-13(16)3/h7-8,11,21H,6,9-10H2,1-5H3,(H,22,23). The summed E-state index contributed by atoms with van der Waals surface area (Å²) in [6.07, 6.45) is 0.888. The van der Waals surface area contributed by atoms with E-state index < -0.39 is 0 Å². The number of benzene rings is 1. The predicted molar refractivity (Wildman–Crippen MR) is 99.1 cm³/mol. The number of amides is 1. The average molecular weight is 342 g/mol. The fourth-order valence-electron chi connectivity index (χ4n) is 2.98. The average Bonchev–Trinajstić information content (AvgIpc) is 2.82. The third-order valence-corrected chi connectivity index (χ3v) is 4.28. The Labute approximate surface area is 148 Å². The molecule has 2 N–H and O–H groups in total. The summed E-state index contributed by atoms with van der Waals surface area (Å²) in [7, 11) is 0. The summed E-state index contributed by atoms with van der Waals surface area (Å²) in [4.78, 5) is 27.5. The first-order chi connectivity index (χ1) is 11.8. The number of hydrogen-bond acceptors (Lipinski definition) is 3. The zero-order chi connectivity index (χ0) is 18.6. The highest BCUT2D eigenvalue weighted by molar-refractivity contribution is 5.93. The molecule has 0 aliphatic rings. The van der Waals surface area contributed by atoms with Crippen LogP contribution in [0.5, 0.6) is 0 Å². The Bertz CT molecular complexity index is 790. The number of aromatic amines is 1. The molecule has 1 aromatic carbocycles. The van der Waals surface area contributed by atoms with Gasteiger partial charge in [-0.05, 0) is 58.2 Å². The van der Waals surface area contributed by atoms with Gasteiger partial charge in [0.25, 0.3) is 0 Å². The predicted octanol–water partition coefficient (Wildman–Crippen LogP) is 4.00. The van der Waals surface area contributed by atoms with Crippen molar-refractivity contribution < 1.29 is 14.3 Å². The summed E-state index contributed by atoms with van der Waals surface area (Å²) in [5, 5.41) is 2.95. The molecule has 2 aromatic rings. The summed E-state index contributed by atoms with van der Waals surface area (Å²) < 4.78 is 5.09. The van der Waals surface area contributed by atoms with Crippen LogP contribution in [0, 0.1) is 27.7 Å². The van der Waals surface area contributed by atoms with E-state index in [0.717, 1.165) is 28.2 Å². The number of rotatable bonds is 6. The van der Waals surface area contributed by atoms with Crippen LogP contribution in [0.2, 0.25) is 0 Å². The second kappa shape index (κ2) is 8.01. The smallest absolute Gasteiger partial charge is 0.340 e. The molecular formula is C20H26N2O3. The number of ether oxygens (including phenoxy) is 1. The van der Waals surface area contributed by atoms with Gasteiger partial charge in [0.15, 0.2) is 0 Å². The molecule has 2 rings (SSSR count). The van der Waals surface area contributed by atoms with Crippen molar-refractivity contribution in [2.24, 2.45) is 0 Å². The van der Waals surface area contributed by atoms with Crippen LogP contribution in [0.25, 0.3) is 0 Å². The Morgan fingerprint density at radius 1 is 1.16 bits per heavy atom. The summed E-state index contributed by atoms with van der Waals surface area (Å²) in [5.74, 6) is -0.365. The molecule has 0 aliphatic heterocycles. The SMILES string of the molecule is CCOC(=O)c1c(C)[nH]c(CCC(=O)Nc2ccc(C)cc2C)c1C. The van der Waals surface area contributed by atoms with Gasteiger partial charge in [0.1, 0.15) is 0 Å². The molecule has 134 valence electrons. The minimum Gasteiger partial charge on any atom is -0.462 e. The third kappa shape index (κ3) is 4.50. The Morgan fingerprint density at radius 2 is 1.88 bits per heavy atom. The van der Waals surface area contributed by atoms with E-state index in [1.807, 2.05) is 45.9 Å². The highest BCUT2D eigenvalue weighted by Crippen LogP contribution is 2.21. The van der Waals surface area contributed by atoms with Crippen molar-refractivity contribution in [1.82, 2.24) is 4.98 Å². The van der Waals surface area contributed by atoms with Gasteiger partial charge in [-0.1, -0.05) is 17.7 Å². The minimum absolute atomic E-state index is 0.0451.